The zero-order valence-corrected chi connectivity index (χ0v) is 38.5. The summed E-state index contributed by atoms with van der Waals surface area (Å²) in [5.41, 5.74) is 0. The van der Waals surface area contributed by atoms with Crippen LogP contribution in [0.5, 0.6) is 0 Å². The van der Waals surface area contributed by atoms with E-state index in [4.69, 9.17) is 33.2 Å². The highest BCUT2D eigenvalue weighted by molar-refractivity contribution is 5.70. The van der Waals surface area contributed by atoms with Crippen LogP contribution >= 0.6 is 0 Å². The average molecular weight is 844 g/mol. The fourth-order valence-electron chi connectivity index (χ4n) is 6.42. The van der Waals surface area contributed by atoms with Crippen molar-refractivity contribution in [3.05, 3.63) is 0 Å². The predicted octanol–water partition coefficient (Wildman–Crippen LogP) is 11.3. The summed E-state index contributed by atoms with van der Waals surface area (Å²) in [6.07, 6.45) is 22.9. The molecule has 0 N–H and O–H groups in total. The van der Waals surface area contributed by atoms with Gasteiger partial charge in [0, 0.05) is 39.0 Å². The van der Waals surface area contributed by atoms with Gasteiger partial charge in [0.2, 0.25) is 0 Å². The third-order valence-corrected chi connectivity index (χ3v) is 10.3. The Kier molecular flexibility index (Phi) is 41.8. The Balaban J connectivity index is 4.87. The quantitative estimate of drug-likeness (QED) is 0.0250. The molecule has 0 heterocycles. The van der Waals surface area contributed by atoms with E-state index in [1.54, 1.807) is 0 Å². The summed E-state index contributed by atoms with van der Waals surface area (Å²) in [5, 5.41) is 0. The monoisotopic (exact) mass is 844 g/mol. The lowest BCUT2D eigenvalue weighted by Gasteiger charge is -2.20. The van der Waals surface area contributed by atoms with Crippen molar-refractivity contribution < 1.29 is 52.3 Å². The Morgan fingerprint density at radius 1 is 0.407 bits per heavy atom. The molecule has 12 nitrogen and oxygen atoms in total. The fraction of sp³-hybridized carbons (Fsp3) is 0.915. The molecule has 0 aliphatic rings. The highest BCUT2D eigenvalue weighted by atomic mass is 16.7. The number of ether oxygens (including phenoxy) is 7. The summed E-state index contributed by atoms with van der Waals surface area (Å²) >= 11 is 0. The van der Waals surface area contributed by atoms with E-state index in [2.05, 4.69) is 39.5 Å². The molecule has 0 aromatic heterocycles. The summed E-state index contributed by atoms with van der Waals surface area (Å²) in [4.78, 5) is 52.1. The number of carbonyl (C=O) groups excluding carboxylic acids is 4. The molecule has 0 saturated carbocycles. The van der Waals surface area contributed by atoms with Gasteiger partial charge in [0.1, 0.15) is 19.8 Å². The van der Waals surface area contributed by atoms with E-state index in [0.717, 1.165) is 96.7 Å². The fourth-order valence-corrected chi connectivity index (χ4v) is 6.42. The molecule has 1 atom stereocenters. The van der Waals surface area contributed by atoms with E-state index in [-0.39, 0.29) is 51.2 Å². The molecule has 0 amide bonds. The van der Waals surface area contributed by atoms with Crippen LogP contribution in [0.15, 0.2) is 0 Å². The second kappa shape index (κ2) is 43.6. The van der Waals surface area contributed by atoms with Crippen molar-refractivity contribution in [3.8, 4) is 0 Å². The largest absolute Gasteiger partial charge is 0.508 e. The van der Waals surface area contributed by atoms with Crippen molar-refractivity contribution in [3.63, 3.8) is 0 Å². The maximum atomic E-state index is 12.9. The minimum Gasteiger partial charge on any atom is -0.466 e. The van der Waals surface area contributed by atoms with Gasteiger partial charge in [-0.05, 0) is 51.6 Å². The molecule has 0 saturated heterocycles. The van der Waals surface area contributed by atoms with Crippen molar-refractivity contribution in [2.24, 2.45) is 5.92 Å². The van der Waals surface area contributed by atoms with Gasteiger partial charge in [-0.25, -0.2) is 4.79 Å². The van der Waals surface area contributed by atoms with Gasteiger partial charge in [-0.1, -0.05) is 137 Å². The Morgan fingerprint density at radius 2 is 0.814 bits per heavy atom. The normalized spacial score (nSPS) is 11.8. The van der Waals surface area contributed by atoms with Gasteiger partial charge in [-0.15, -0.1) is 0 Å². The Labute approximate surface area is 360 Å². The third kappa shape index (κ3) is 39.5. The first-order chi connectivity index (χ1) is 28.8. The first-order valence-electron chi connectivity index (χ1n) is 24.0. The zero-order chi connectivity index (χ0) is 43.4. The molecule has 0 aromatic carbocycles. The summed E-state index contributed by atoms with van der Waals surface area (Å²) in [6.45, 7) is 15.1. The first kappa shape index (κ1) is 56.6. The van der Waals surface area contributed by atoms with Crippen LogP contribution in [-0.2, 0) is 47.5 Å². The van der Waals surface area contributed by atoms with Crippen molar-refractivity contribution in [2.75, 3.05) is 65.9 Å². The lowest BCUT2D eigenvalue weighted by molar-refractivity contribution is -0.161. The number of rotatable bonds is 44. The van der Waals surface area contributed by atoms with Gasteiger partial charge in [-0.3, -0.25) is 14.4 Å². The van der Waals surface area contributed by atoms with Crippen LogP contribution in [0.3, 0.4) is 0 Å². The Bertz CT molecular complexity index is 960. The van der Waals surface area contributed by atoms with E-state index in [9.17, 15) is 19.2 Å². The minimum atomic E-state index is -0.805. The molecule has 0 aliphatic heterocycles. The molecule has 1 unspecified atom stereocenters. The third-order valence-electron chi connectivity index (χ3n) is 10.3. The molecule has 0 radical (unpaired) electrons. The number of carbonyl (C=O) groups is 4. The van der Waals surface area contributed by atoms with Crippen molar-refractivity contribution in [2.45, 2.75) is 208 Å². The summed E-state index contributed by atoms with van der Waals surface area (Å²) in [7, 11) is 0. The van der Waals surface area contributed by atoms with E-state index >= 15 is 0 Å². The average Bonchev–Trinajstić information content (AvgIpc) is 3.23. The molecule has 59 heavy (non-hydrogen) atoms. The van der Waals surface area contributed by atoms with Crippen LogP contribution < -0.4 is 0 Å². The lowest BCUT2D eigenvalue weighted by Crippen LogP contribution is -2.28. The van der Waals surface area contributed by atoms with Gasteiger partial charge in [-0.2, -0.15) is 0 Å². The summed E-state index contributed by atoms with van der Waals surface area (Å²) in [5.74, 6) is -1.47. The molecule has 12 heteroatoms. The molecule has 0 fully saturated rings. The molecule has 0 aliphatic carbocycles. The van der Waals surface area contributed by atoms with E-state index in [0.29, 0.717) is 45.5 Å². The molecular weight excluding hydrogens is 755 g/mol. The van der Waals surface area contributed by atoms with Crippen LogP contribution in [-0.4, -0.2) is 101 Å². The van der Waals surface area contributed by atoms with Gasteiger partial charge in [0.15, 0.2) is 6.29 Å². The van der Waals surface area contributed by atoms with Gasteiger partial charge >= 0.3 is 24.1 Å². The number of unbranched alkanes of at least 4 members (excludes halogenated alkanes) is 17. The van der Waals surface area contributed by atoms with Gasteiger partial charge in [0.25, 0.3) is 0 Å². The molecule has 0 bridgehead atoms. The molecule has 0 rings (SSSR count). The molecular formula is C47H89NO11. The maximum Gasteiger partial charge on any atom is 0.508 e. The zero-order valence-electron chi connectivity index (χ0n) is 38.5. The standard InChI is InChI=1S/C47H89NO11/c1-6-11-14-17-22-27-36-54-46(55-37-28-23-18-15-12-7-2)33-32-45(51)58-40-42(41-59-47(52)56-38-29-34-48(9-4)10-5)39-57-44(50)31-25-21-19-20-24-30-43(49)53-35-26-16-13-8-3/h42,46H,6-41H2,1-5H3. The number of hydrogen-bond acceptors (Lipinski definition) is 12. The van der Waals surface area contributed by atoms with Crippen LogP contribution in [0.4, 0.5) is 4.79 Å². The molecule has 0 aromatic rings. The van der Waals surface area contributed by atoms with Crippen LogP contribution in [0.1, 0.15) is 202 Å². The smallest absolute Gasteiger partial charge is 0.466 e. The second-order valence-corrected chi connectivity index (χ2v) is 15.8. The molecule has 348 valence electrons. The van der Waals surface area contributed by atoms with E-state index in [1.165, 1.54) is 51.4 Å². The SMILES string of the molecule is CCCCCCCCOC(CCC(=O)OCC(COC(=O)CCCCCCCC(=O)OCCCCCC)COC(=O)OCCCN(CC)CC)OCCCCCCCC. The highest BCUT2D eigenvalue weighted by Crippen LogP contribution is 2.14. The van der Waals surface area contributed by atoms with Gasteiger partial charge in [0.05, 0.1) is 25.6 Å². The maximum absolute atomic E-state index is 12.9. The summed E-state index contributed by atoms with van der Waals surface area (Å²) < 4.78 is 39.2. The number of esters is 3. The summed E-state index contributed by atoms with van der Waals surface area (Å²) in [6, 6.07) is 0. The molecule has 0 spiro atoms. The van der Waals surface area contributed by atoms with Crippen molar-refractivity contribution in [1.82, 2.24) is 4.90 Å². The van der Waals surface area contributed by atoms with Crippen LogP contribution in [0, 0.1) is 5.92 Å². The lowest BCUT2D eigenvalue weighted by atomic mass is 10.1. The van der Waals surface area contributed by atoms with Crippen LogP contribution in [0.25, 0.3) is 0 Å². The Hall–Kier alpha value is -2.44. The second-order valence-electron chi connectivity index (χ2n) is 15.8. The van der Waals surface area contributed by atoms with E-state index < -0.39 is 24.3 Å². The minimum absolute atomic E-state index is 0.0622. The topological polar surface area (TPSA) is 136 Å². The number of nitrogens with zero attached hydrogens (tertiary/aromatic N) is 1. The highest BCUT2D eigenvalue weighted by Gasteiger charge is 2.20. The van der Waals surface area contributed by atoms with Crippen molar-refractivity contribution in [1.29, 1.82) is 0 Å². The number of hydrogen-bond donors (Lipinski definition) is 0. The van der Waals surface area contributed by atoms with Gasteiger partial charge < -0.3 is 38.1 Å². The van der Waals surface area contributed by atoms with Crippen molar-refractivity contribution >= 4 is 24.1 Å². The van der Waals surface area contributed by atoms with E-state index in [1.807, 2.05) is 0 Å². The Morgan fingerprint density at radius 3 is 1.34 bits per heavy atom. The van der Waals surface area contributed by atoms with Crippen LogP contribution in [0.2, 0.25) is 0 Å². The first-order valence-corrected chi connectivity index (χ1v) is 24.0. The predicted molar refractivity (Wildman–Crippen MR) is 234 cm³/mol.